The third-order valence-corrected chi connectivity index (χ3v) is 4.34. The summed E-state index contributed by atoms with van der Waals surface area (Å²) in [5.74, 6) is 0.645. The molecule has 0 aliphatic carbocycles. The summed E-state index contributed by atoms with van der Waals surface area (Å²) in [7, 11) is 1.67. The van der Waals surface area contributed by atoms with E-state index in [1.54, 1.807) is 7.05 Å². The minimum atomic E-state index is -4.50. The SMILES string of the molecule is CN=C(NCCNc1nccc(C(F)(F)F)n1)N1CCN(CC(=O)NC(C)C)CC1. The summed E-state index contributed by atoms with van der Waals surface area (Å²) in [5, 5.41) is 8.83. The molecule has 2 rings (SSSR count). The average Bonchev–Trinajstić information content (AvgIpc) is 2.68. The molecule has 1 aliphatic rings. The predicted octanol–water partition coefficient (Wildman–Crippen LogP) is 0.625. The van der Waals surface area contributed by atoms with E-state index in [0.717, 1.165) is 38.4 Å². The van der Waals surface area contributed by atoms with Crippen LogP contribution in [-0.2, 0) is 11.0 Å². The van der Waals surface area contributed by atoms with E-state index in [-0.39, 0.29) is 17.9 Å². The van der Waals surface area contributed by atoms with Crippen molar-refractivity contribution in [3.8, 4) is 0 Å². The molecule has 1 aromatic rings. The quantitative estimate of drug-likeness (QED) is 0.332. The van der Waals surface area contributed by atoms with Gasteiger partial charge in [0, 0.05) is 58.6 Å². The van der Waals surface area contributed by atoms with Gasteiger partial charge in [0.05, 0.1) is 6.54 Å². The monoisotopic (exact) mass is 430 g/mol. The van der Waals surface area contributed by atoms with Gasteiger partial charge in [0.2, 0.25) is 11.9 Å². The number of alkyl halides is 3. The van der Waals surface area contributed by atoms with Crippen molar-refractivity contribution in [1.29, 1.82) is 0 Å². The van der Waals surface area contributed by atoms with Crippen LogP contribution in [0.25, 0.3) is 0 Å². The lowest BCUT2D eigenvalue weighted by Gasteiger charge is -2.36. The van der Waals surface area contributed by atoms with Crippen LogP contribution < -0.4 is 16.0 Å². The molecule has 0 spiro atoms. The van der Waals surface area contributed by atoms with Gasteiger partial charge in [-0.15, -0.1) is 0 Å². The number of guanidine groups is 1. The highest BCUT2D eigenvalue weighted by atomic mass is 19.4. The van der Waals surface area contributed by atoms with Crippen molar-refractivity contribution in [2.45, 2.75) is 26.1 Å². The van der Waals surface area contributed by atoms with Gasteiger partial charge in [0.15, 0.2) is 5.96 Å². The maximum Gasteiger partial charge on any atom is 0.433 e. The van der Waals surface area contributed by atoms with Crippen molar-refractivity contribution in [3.05, 3.63) is 18.0 Å². The van der Waals surface area contributed by atoms with Crippen molar-refractivity contribution in [1.82, 2.24) is 30.4 Å². The maximum atomic E-state index is 12.7. The van der Waals surface area contributed by atoms with Crippen molar-refractivity contribution in [3.63, 3.8) is 0 Å². The first-order chi connectivity index (χ1) is 14.2. The highest BCUT2D eigenvalue weighted by Crippen LogP contribution is 2.27. The molecule has 0 aromatic carbocycles. The van der Waals surface area contributed by atoms with Crippen molar-refractivity contribution in [2.24, 2.45) is 4.99 Å². The van der Waals surface area contributed by atoms with E-state index in [9.17, 15) is 18.0 Å². The second kappa shape index (κ2) is 11.0. The number of aromatic nitrogens is 2. The van der Waals surface area contributed by atoms with Gasteiger partial charge < -0.3 is 20.9 Å². The first-order valence-corrected chi connectivity index (χ1v) is 9.80. The molecule has 0 radical (unpaired) electrons. The van der Waals surface area contributed by atoms with E-state index in [0.29, 0.717) is 25.6 Å². The number of hydrogen-bond donors (Lipinski definition) is 3. The Kier molecular flexibility index (Phi) is 8.63. The Morgan fingerprint density at radius 1 is 1.23 bits per heavy atom. The zero-order valence-electron chi connectivity index (χ0n) is 17.5. The van der Waals surface area contributed by atoms with Crippen LogP contribution in [-0.4, -0.2) is 90.5 Å². The minimum Gasteiger partial charge on any atom is -0.354 e. The fourth-order valence-electron chi connectivity index (χ4n) is 2.97. The molecule has 3 N–H and O–H groups in total. The van der Waals surface area contributed by atoms with E-state index in [1.807, 2.05) is 13.8 Å². The Labute approximate surface area is 174 Å². The molecule has 0 unspecified atom stereocenters. The molecule has 168 valence electrons. The van der Waals surface area contributed by atoms with Crippen LogP contribution in [0.15, 0.2) is 17.3 Å². The van der Waals surface area contributed by atoms with Gasteiger partial charge in [-0.25, -0.2) is 9.97 Å². The Balaban J connectivity index is 1.72. The van der Waals surface area contributed by atoms with Crippen LogP contribution in [0.4, 0.5) is 19.1 Å². The van der Waals surface area contributed by atoms with Gasteiger partial charge in [-0.3, -0.25) is 14.7 Å². The van der Waals surface area contributed by atoms with Gasteiger partial charge >= 0.3 is 6.18 Å². The number of rotatable bonds is 7. The van der Waals surface area contributed by atoms with Gasteiger partial charge in [0.25, 0.3) is 0 Å². The van der Waals surface area contributed by atoms with Crippen molar-refractivity contribution >= 4 is 17.8 Å². The molecule has 12 heteroatoms. The molecule has 1 saturated heterocycles. The summed E-state index contributed by atoms with van der Waals surface area (Å²) < 4.78 is 38.1. The number of hydrogen-bond acceptors (Lipinski definition) is 6. The lowest BCUT2D eigenvalue weighted by atomic mass is 10.3. The van der Waals surface area contributed by atoms with Crippen LogP contribution in [0.2, 0.25) is 0 Å². The Morgan fingerprint density at radius 2 is 1.93 bits per heavy atom. The number of aliphatic imine (C=N–C) groups is 1. The minimum absolute atomic E-state index is 0.0174. The molecule has 2 heterocycles. The van der Waals surface area contributed by atoms with Crippen LogP contribution in [0.3, 0.4) is 0 Å². The lowest BCUT2D eigenvalue weighted by Crippen LogP contribution is -2.54. The van der Waals surface area contributed by atoms with Gasteiger partial charge in [-0.1, -0.05) is 0 Å². The highest BCUT2D eigenvalue weighted by Gasteiger charge is 2.32. The van der Waals surface area contributed by atoms with Crippen LogP contribution in [0.1, 0.15) is 19.5 Å². The molecule has 0 atom stereocenters. The molecule has 9 nitrogen and oxygen atoms in total. The number of amides is 1. The molecular formula is C18H29F3N8O. The molecule has 30 heavy (non-hydrogen) atoms. The Hall–Kier alpha value is -2.63. The largest absolute Gasteiger partial charge is 0.433 e. The van der Waals surface area contributed by atoms with Crippen molar-refractivity contribution < 1.29 is 18.0 Å². The summed E-state index contributed by atoms with van der Waals surface area (Å²) >= 11 is 0. The normalized spacial score (nSPS) is 16.0. The van der Waals surface area contributed by atoms with E-state index in [2.05, 4.69) is 40.7 Å². The van der Waals surface area contributed by atoms with Gasteiger partial charge in [-0.2, -0.15) is 13.2 Å². The number of nitrogens with one attached hydrogen (secondary N) is 3. The number of carbonyl (C=O) groups is 1. The first-order valence-electron chi connectivity index (χ1n) is 9.80. The van der Waals surface area contributed by atoms with E-state index >= 15 is 0 Å². The zero-order valence-corrected chi connectivity index (χ0v) is 17.5. The van der Waals surface area contributed by atoms with Crippen LogP contribution in [0.5, 0.6) is 0 Å². The summed E-state index contributed by atoms with van der Waals surface area (Å²) in [6, 6.07) is 0.953. The molecule has 0 bridgehead atoms. The fraction of sp³-hybridized carbons (Fsp3) is 0.667. The fourth-order valence-corrected chi connectivity index (χ4v) is 2.97. The standard InChI is InChI=1S/C18H29F3N8O/c1-13(2)26-15(30)12-28-8-10-29(11-9-28)17(22-3)25-7-6-24-16-23-5-4-14(27-16)18(19,20)21/h4-5,13H,6-12H2,1-3H3,(H,22,25)(H,26,30)(H,23,24,27). The summed E-state index contributed by atoms with van der Waals surface area (Å²) in [6.45, 7) is 7.92. The number of halogens is 3. The summed E-state index contributed by atoms with van der Waals surface area (Å²) in [5.41, 5.74) is -0.983. The van der Waals surface area contributed by atoms with E-state index in [4.69, 9.17) is 0 Å². The van der Waals surface area contributed by atoms with Gasteiger partial charge in [-0.05, 0) is 19.9 Å². The second-order valence-corrected chi connectivity index (χ2v) is 7.15. The number of anilines is 1. The Morgan fingerprint density at radius 3 is 2.53 bits per heavy atom. The molecule has 0 saturated carbocycles. The molecule has 1 fully saturated rings. The number of piperazine rings is 1. The van der Waals surface area contributed by atoms with Crippen LogP contribution in [0, 0.1) is 0 Å². The Bertz CT molecular complexity index is 718. The lowest BCUT2D eigenvalue weighted by molar-refractivity contribution is -0.141. The topological polar surface area (TPSA) is 97.8 Å². The predicted molar refractivity (Wildman–Crippen MR) is 108 cm³/mol. The number of nitrogens with zero attached hydrogens (tertiary/aromatic N) is 5. The highest BCUT2D eigenvalue weighted by molar-refractivity contribution is 5.80. The summed E-state index contributed by atoms with van der Waals surface area (Å²) in [6.07, 6.45) is -3.43. The van der Waals surface area contributed by atoms with E-state index < -0.39 is 11.9 Å². The first kappa shape index (κ1) is 23.6. The third kappa shape index (κ3) is 7.65. The second-order valence-electron chi connectivity index (χ2n) is 7.15. The zero-order chi connectivity index (χ0) is 22.1. The van der Waals surface area contributed by atoms with E-state index in [1.165, 1.54) is 0 Å². The van der Waals surface area contributed by atoms with Gasteiger partial charge in [0.1, 0.15) is 5.69 Å². The molecule has 1 aliphatic heterocycles. The van der Waals surface area contributed by atoms with Crippen LogP contribution >= 0.6 is 0 Å². The number of carbonyl (C=O) groups excluding carboxylic acids is 1. The summed E-state index contributed by atoms with van der Waals surface area (Å²) in [4.78, 5) is 27.6. The average molecular weight is 430 g/mol. The maximum absolute atomic E-state index is 12.7. The van der Waals surface area contributed by atoms with Crippen molar-refractivity contribution in [2.75, 3.05) is 58.2 Å². The third-order valence-electron chi connectivity index (χ3n) is 4.34. The molecular weight excluding hydrogens is 401 g/mol. The molecule has 1 amide bonds. The molecule has 1 aromatic heterocycles. The smallest absolute Gasteiger partial charge is 0.354 e.